The minimum Gasteiger partial charge on any atom is -0.491 e. The molecule has 0 unspecified atom stereocenters. The van der Waals surface area contributed by atoms with E-state index in [0.29, 0.717) is 6.61 Å². The second-order valence-electron chi connectivity index (χ2n) is 3.28. The van der Waals surface area contributed by atoms with Crippen molar-refractivity contribution in [1.82, 2.24) is 0 Å². The average Bonchev–Trinajstić information content (AvgIpc) is 2.26. The number of rotatable bonds is 3. The van der Waals surface area contributed by atoms with Crippen LogP contribution in [0.25, 0.3) is 6.08 Å². The smallest absolute Gasteiger partial charge is 0.119 e. The van der Waals surface area contributed by atoms with E-state index in [1.165, 1.54) is 11.1 Å². The van der Waals surface area contributed by atoms with E-state index in [0.717, 1.165) is 18.6 Å². The van der Waals surface area contributed by atoms with Crippen LogP contribution < -0.4 is 4.74 Å². The lowest BCUT2D eigenvalue weighted by atomic mass is 9.97. The fraction of sp³-hybridized carbons (Fsp3) is 0.333. The lowest BCUT2D eigenvalue weighted by Gasteiger charge is -2.12. The Morgan fingerprint density at radius 2 is 2.36 bits per heavy atom. The molecule has 2 heteroatoms. The third kappa shape index (κ3) is 1.96. The van der Waals surface area contributed by atoms with Gasteiger partial charge in [0.25, 0.3) is 0 Å². The highest BCUT2D eigenvalue weighted by atomic mass is 16.5. The Labute approximate surface area is 83.8 Å². The van der Waals surface area contributed by atoms with Crippen molar-refractivity contribution in [2.45, 2.75) is 12.8 Å². The van der Waals surface area contributed by atoms with Crippen molar-refractivity contribution in [3.8, 4) is 5.75 Å². The fourth-order valence-electron chi connectivity index (χ4n) is 1.58. The number of allylic oxidation sites excluding steroid dienone is 1. The van der Waals surface area contributed by atoms with Crippen LogP contribution in [0.2, 0.25) is 0 Å². The molecule has 1 aliphatic carbocycles. The number of aryl methyl sites for hydroxylation is 1. The molecule has 2 nitrogen and oxygen atoms in total. The summed E-state index contributed by atoms with van der Waals surface area (Å²) in [5.74, 6) is 0.841. The van der Waals surface area contributed by atoms with Gasteiger partial charge in [0, 0.05) is 0 Å². The van der Waals surface area contributed by atoms with Crippen LogP contribution in [0.5, 0.6) is 5.75 Å². The van der Waals surface area contributed by atoms with E-state index < -0.39 is 0 Å². The lowest BCUT2D eigenvalue weighted by molar-refractivity contribution is 0.201. The van der Waals surface area contributed by atoms with E-state index in [4.69, 9.17) is 9.84 Å². The summed E-state index contributed by atoms with van der Waals surface area (Å²) in [7, 11) is 0. The van der Waals surface area contributed by atoms with Crippen molar-refractivity contribution in [2.75, 3.05) is 13.2 Å². The number of fused-ring (bicyclic) bond motifs is 1. The standard InChI is InChI=1S/C12H13O2/c13-7-8-14-12-6-5-10-3-1-2-4-11(10)9-12/h3,5-6,9,13H,2,4,7-8H2. The molecule has 1 aromatic rings. The highest BCUT2D eigenvalue weighted by Gasteiger charge is 2.05. The molecule has 0 aromatic heterocycles. The summed E-state index contributed by atoms with van der Waals surface area (Å²) in [4.78, 5) is 0. The first-order valence-electron chi connectivity index (χ1n) is 4.83. The summed E-state index contributed by atoms with van der Waals surface area (Å²) in [6.07, 6.45) is 7.23. The molecule has 0 atom stereocenters. The minimum atomic E-state index is 0.0603. The number of aliphatic hydroxyl groups excluding tert-OH is 1. The van der Waals surface area contributed by atoms with Gasteiger partial charge in [-0.05, 0) is 42.2 Å². The monoisotopic (exact) mass is 189 g/mol. The van der Waals surface area contributed by atoms with Gasteiger partial charge in [0.2, 0.25) is 0 Å². The van der Waals surface area contributed by atoms with E-state index in [1.54, 1.807) is 0 Å². The van der Waals surface area contributed by atoms with Gasteiger partial charge in [-0.3, -0.25) is 0 Å². The maximum Gasteiger partial charge on any atom is 0.119 e. The summed E-state index contributed by atoms with van der Waals surface area (Å²) < 4.78 is 5.34. The highest BCUT2D eigenvalue weighted by molar-refractivity contribution is 5.56. The fourth-order valence-corrected chi connectivity index (χ4v) is 1.58. The second kappa shape index (κ2) is 4.29. The van der Waals surface area contributed by atoms with Crippen molar-refractivity contribution in [3.63, 3.8) is 0 Å². The van der Waals surface area contributed by atoms with Crippen LogP contribution in [0.15, 0.2) is 18.2 Å². The summed E-state index contributed by atoms with van der Waals surface area (Å²) in [5, 5.41) is 8.62. The molecule has 0 bridgehead atoms. The van der Waals surface area contributed by atoms with Crippen LogP contribution in [-0.2, 0) is 6.42 Å². The van der Waals surface area contributed by atoms with Crippen molar-refractivity contribution < 1.29 is 9.84 Å². The van der Waals surface area contributed by atoms with Crippen LogP contribution in [0.1, 0.15) is 17.5 Å². The Morgan fingerprint density at radius 3 is 3.21 bits per heavy atom. The molecule has 0 amide bonds. The zero-order valence-corrected chi connectivity index (χ0v) is 7.99. The molecule has 0 aliphatic heterocycles. The van der Waals surface area contributed by atoms with Gasteiger partial charge in [0.1, 0.15) is 12.4 Å². The molecule has 14 heavy (non-hydrogen) atoms. The molecule has 0 spiro atoms. The number of benzene rings is 1. The van der Waals surface area contributed by atoms with E-state index in [2.05, 4.69) is 6.08 Å². The molecule has 0 heterocycles. The van der Waals surface area contributed by atoms with E-state index >= 15 is 0 Å². The minimum absolute atomic E-state index is 0.0603. The predicted octanol–water partition coefficient (Wildman–Crippen LogP) is 1.82. The normalized spacial score (nSPS) is 13.8. The van der Waals surface area contributed by atoms with Gasteiger partial charge in [0.15, 0.2) is 0 Å². The largest absolute Gasteiger partial charge is 0.491 e. The molecule has 1 aliphatic rings. The predicted molar refractivity (Wildman–Crippen MR) is 55.1 cm³/mol. The molecule has 73 valence electrons. The molecule has 1 N–H and O–H groups in total. The van der Waals surface area contributed by atoms with E-state index in [-0.39, 0.29) is 6.61 Å². The van der Waals surface area contributed by atoms with Gasteiger partial charge in [-0.1, -0.05) is 12.1 Å². The molecular weight excluding hydrogens is 176 g/mol. The van der Waals surface area contributed by atoms with E-state index in [1.807, 2.05) is 24.3 Å². The Balaban J connectivity index is 2.17. The third-order valence-electron chi connectivity index (χ3n) is 2.27. The maximum atomic E-state index is 8.62. The summed E-state index contributed by atoms with van der Waals surface area (Å²) >= 11 is 0. The average molecular weight is 189 g/mol. The molecule has 0 fully saturated rings. The van der Waals surface area contributed by atoms with Crippen LogP contribution in [0.4, 0.5) is 0 Å². The van der Waals surface area contributed by atoms with Gasteiger partial charge in [-0.2, -0.15) is 0 Å². The first-order valence-corrected chi connectivity index (χ1v) is 4.83. The Bertz CT molecular complexity index is 342. The van der Waals surface area contributed by atoms with Crippen molar-refractivity contribution in [3.05, 3.63) is 35.4 Å². The van der Waals surface area contributed by atoms with Crippen LogP contribution >= 0.6 is 0 Å². The molecule has 1 aromatic carbocycles. The number of aliphatic hydroxyl groups is 1. The second-order valence-corrected chi connectivity index (χ2v) is 3.28. The summed E-state index contributed by atoms with van der Waals surface area (Å²) in [6, 6.07) is 6.01. The molecule has 1 radical (unpaired) electrons. The van der Waals surface area contributed by atoms with Crippen molar-refractivity contribution in [1.29, 1.82) is 0 Å². The molecular formula is C12H13O2. The quantitative estimate of drug-likeness (QED) is 0.786. The topological polar surface area (TPSA) is 29.5 Å². The summed E-state index contributed by atoms with van der Waals surface area (Å²) in [6.45, 7) is 0.422. The van der Waals surface area contributed by atoms with Crippen molar-refractivity contribution >= 4 is 6.08 Å². The number of hydrogen-bond acceptors (Lipinski definition) is 2. The third-order valence-corrected chi connectivity index (χ3v) is 2.27. The SMILES string of the molecule is OCCOc1ccc2c(c1)CC[C]=C2. The first-order chi connectivity index (χ1) is 6.90. The van der Waals surface area contributed by atoms with Gasteiger partial charge < -0.3 is 9.84 Å². The number of hydrogen-bond donors (Lipinski definition) is 1. The molecule has 0 saturated heterocycles. The van der Waals surface area contributed by atoms with Crippen LogP contribution in [0, 0.1) is 6.08 Å². The van der Waals surface area contributed by atoms with Gasteiger partial charge >= 0.3 is 0 Å². The van der Waals surface area contributed by atoms with Crippen LogP contribution in [-0.4, -0.2) is 18.3 Å². The Hall–Kier alpha value is -1.28. The number of ether oxygens (including phenoxy) is 1. The van der Waals surface area contributed by atoms with Crippen LogP contribution in [0.3, 0.4) is 0 Å². The van der Waals surface area contributed by atoms with Gasteiger partial charge in [-0.15, -0.1) is 0 Å². The Morgan fingerprint density at radius 1 is 1.43 bits per heavy atom. The zero-order chi connectivity index (χ0) is 9.80. The van der Waals surface area contributed by atoms with Gasteiger partial charge in [-0.25, -0.2) is 0 Å². The maximum absolute atomic E-state index is 8.62. The highest BCUT2D eigenvalue weighted by Crippen LogP contribution is 2.23. The zero-order valence-electron chi connectivity index (χ0n) is 7.99. The van der Waals surface area contributed by atoms with E-state index in [9.17, 15) is 0 Å². The summed E-state index contributed by atoms with van der Waals surface area (Å²) in [5.41, 5.74) is 2.53. The lowest BCUT2D eigenvalue weighted by Crippen LogP contribution is -2.03. The van der Waals surface area contributed by atoms with Gasteiger partial charge in [0.05, 0.1) is 6.61 Å². The molecule has 2 rings (SSSR count). The Kier molecular flexibility index (Phi) is 2.84. The van der Waals surface area contributed by atoms with Crippen molar-refractivity contribution in [2.24, 2.45) is 0 Å². The molecule has 0 saturated carbocycles. The first kappa shape index (κ1) is 9.28.